The SMILES string of the molecule is COC(=O)[C@H](Cc1ccccc1)NC(=O)c1cc(Cl)c(OCCCCNCC(=O)OC(C)(C)C)c(Cl)c1OC(=O)c1ccccc1. The lowest BCUT2D eigenvalue weighted by Gasteiger charge is -2.20. The van der Waals surface area contributed by atoms with Crippen LogP contribution in [-0.4, -0.2) is 62.3 Å². The van der Waals surface area contributed by atoms with Crippen LogP contribution in [0.4, 0.5) is 0 Å². The van der Waals surface area contributed by atoms with E-state index in [0.29, 0.717) is 19.4 Å². The largest absolute Gasteiger partial charge is 0.490 e. The second-order valence-electron chi connectivity index (χ2n) is 11.2. The summed E-state index contributed by atoms with van der Waals surface area (Å²) in [7, 11) is 1.22. The molecule has 3 aromatic carbocycles. The van der Waals surface area contributed by atoms with Crippen LogP contribution in [0, 0.1) is 0 Å². The van der Waals surface area contributed by atoms with Gasteiger partial charge in [-0.15, -0.1) is 0 Å². The molecule has 0 aliphatic rings. The minimum absolute atomic E-state index is 0.00427. The smallest absolute Gasteiger partial charge is 0.343 e. The standard InChI is InChI=1S/C34H38Cl2N2O8/c1-34(2,3)46-27(39)21-37-17-11-12-18-44-30-25(35)20-24(29(28(30)36)45-32(41)23-15-9-6-10-16-23)31(40)38-26(33(42)43-4)19-22-13-7-5-8-14-22/h5-10,13-16,20,26,37H,11-12,17-19,21H2,1-4H3,(H,38,40)/t26-/m0/s1. The number of unbranched alkanes of at least 4 members (excludes halogenated alkanes) is 1. The van der Waals surface area contributed by atoms with E-state index < -0.39 is 29.5 Å². The van der Waals surface area contributed by atoms with Gasteiger partial charge in [0.15, 0.2) is 11.5 Å². The van der Waals surface area contributed by atoms with Crippen molar-refractivity contribution in [1.82, 2.24) is 10.6 Å². The van der Waals surface area contributed by atoms with Crippen LogP contribution in [0.15, 0.2) is 66.7 Å². The van der Waals surface area contributed by atoms with Crippen LogP contribution in [0.25, 0.3) is 0 Å². The van der Waals surface area contributed by atoms with Gasteiger partial charge in [0.2, 0.25) is 0 Å². The number of ether oxygens (including phenoxy) is 4. The molecule has 246 valence electrons. The van der Waals surface area contributed by atoms with Gasteiger partial charge in [-0.05, 0) is 63.9 Å². The number of nitrogens with one attached hydrogen (secondary N) is 2. The Bertz CT molecular complexity index is 1490. The Balaban J connectivity index is 1.77. The minimum atomic E-state index is -1.06. The van der Waals surface area contributed by atoms with Crippen molar-refractivity contribution in [3.63, 3.8) is 0 Å². The number of hydrogen-bond donors (Lipinski definition) is 2. The van der Waals surface area contributed by atoms with Gasteiger partial charge in [0.25, 0.3) is 5.91 Å². The quantitative estimate of drug-likeness (QED) is 0.117. The molecule has 10 nitrogen and oxygen atoms in total. The van der Waals surface area contributed by atoms with E-state index in [1.54, 1.807) is 51.1 Å². The predicted molar refractivity (Wildman–Crippen MR) is 175 cm³/mol. The summed E-state index contributed by atoms with van der Waals surface area (Å²) < 4.78 is 21.7. The molecule has 1 atom stereocenters. The lowest BCUT2D eigenvalue weighted by atomic mass is 10.0. The molecule has 0 bridgehead atoms. The Labute approximate surface area is 278 Å². The van der Waals surface area contributed by atoms with Gasteiger partial charge in [-0.3, -0.25) is 9.59 Å². The third kappa shape index (κ3) is 11.3. The van der Waals surface area contributed by atoms with Crippen LogP contribution in [0.1, 0.15) is 59.9 Å². The monoisotopic (exact) mass is 672 g/mol. The summed E-state index contributed by atoms with van der Waals surface area (Å²) in [5, 5.41) is 5.47. The molecule has 46 heavy (non-hydrogen) atoms. The Hall–Kier alpha value is -4.12. The number of methoxy groups -OCH3 is 1. The molecule has 2 N–H and O–H groups in total. The molecule has 0 aliphatic heterocycles. The topological polar surface area (TPSA) is 129 Å². The summed E-state index contributed by atoms with van der Waals surface area (Å²) in [6.45, 7) is 6.21. The van der Waals surface area contributed by atoms with E-state index in [-0.39, 0.29) is 58.2 Å². The fourth-order valence-corrected chi connectivity index (χ4v) is 4.83. The molecule has 0 aliphatic carbocycles. The zero-order valence-corrected chi connectivity index (χ0v) is 27.7. The van der Waals surface area contributed by atoms with E-state index in [1.807, 2.05) is 30.3 Å². The number of hydrogen-bond acceptors (Lipinski definition) is 9. The molecule has 3 rings (SSSR count). The van der Waals surface area contributed by atoms with E-state index >= 15 is 0 Å². The maximum Gasteiger partial charge on any atom is 0.343 e. The Morgan fingerprint density at radius 2 is 1.54 bits per heavy atom. The molecule has 0 unspecified atom stereocenters. The lowest BCUT2D eigenvalue weighted by Crippen LogP contribution is -2.43. The van der Waals surface area contributed by atoms with Gasteiger partial charge < -0.3 is 29.6 Å². The Morgan fingerprint density at radius 1 is 0.891 bits per heavy atom. The molecule has 12 heteroatoms. The normalized spacial score (nSPS) is 11.7. The summed E-state index contributed by atoms with van der Waals surface area (Å²) in [4.78, 5) is 51.1. The molecule has 0 saturated carbocycles. The van der Waals surface area contributed by atoms with Gasteiger partial charge in [0.1, 0.15) is 16.7 Å². The second kappa shape index (κ2) is 17.5. The van der Waals surface area contributed by atoms with Crippen molar-refractivity contribution in [3.8, 4) is 11.5 Å². The van der Waals surface area contributed by atoms with E-state index in [2.05, 4.69) is 10.6 Å². The van der Waals surface area contributed by atoms with E-state index in [1.165, 1.54) is 13.2 Å². The summed E-state index contributed by atoms with van der Waals surface area (Å²) in [6.07, 6.45) is 1.37. The molecular formula is C34H38Cl2N2O8. The predicted octanol–water partition coefficient (Wildman–Crippen LogP) is 5.82. The zero-order chi connectivity index (χ0) is 33.7. The van der Waals surface area contributed by atoms with E-state index in [9.17, 15) is 19.2 Å². The van der Waals surface area contributed by atoms with Gasteiger partial charge in [0, 0.05) is 6.42 Å². The maximum atomic E-state index is 13.6. The zero-order valence-electron chi connectivity index (χ0n) is 26.2. The average molecular weight is 674 g/mol. The van der Waals surface area contributed by atoms with Crippen molar-refractivity contribution in [1.29, 1.82) is 0 Å². The molecule has 0 saturated heterocycles. The first-order chi connectivity index (χ1) is 21.9. The number of rotatable bonds is 15. The van der Waals surface area contributed by atoms with Crippen molar-refractivity contribution in [2.24, 2.45) is 0 Å². The highest BCUT2D eigenvalue weighted by atomic mass is 35.5. The van der Waals surface area contributed by atoms with Crippen LogP contribution in [0.3, 0.4) is 0 Å². The van der Waals surface area contributed by atoms with Crippen LogP contribution in [0.2, 0.25) is 10.0 Å². The second-order valence-corrected chi connectivity index (χ2v) is 12.0. The third-order valence-electron chi connectivity index (χ3n) is 6.34. The van der Waals surface area contributed by atoms with Crippen molar-refractivity contribution in [2.75, 3.05) is 26.8 Å². The first-order valence-corrected chi connectivity index (χ1v) is 15.4. The van der Waals surface area contributed by atoms with Crippen LogP contribution < -0.4 is 20.1 Å². The number of amides is 1. The molecule has 0 spiro atoms. The van der Waals surface area contributed by atoms with E-state index in [0.717, 1.165) is 5.56 Å². The first kappa shape index (κ1) is 36.3. The number of carbonyl (C=O) groups is 4. The van der Waals surface area contributed by atoms with Crippen molar-refractivity contribution in [3.05, 3.63) is 93.5 Å². The summed E-state index contributed by atoms with van der Waals surface area (Å²) in [5.74, 6) is -2.82. The van der Waals surface area contributed by atoms with Crippen LogP contribution >= 0.6 is 23.2 Å². The summed E-state index contributed by atoms with van der Waals surface area (Å²) in [6, 6.07) is 17.4. The number of benzene rings is 3. The first-order valence-electron chi connectivity index (χ1n) is 14.7. The van der Waals surface area contributed by atoms with Crippen molar-refractivity contribution >= 4 is 47.0 Å². The van der Waals surface area contributed by atoms with Gasteiger partial charge in [-0.1, -0.05) is 71.7 Å². The highest BCUT2D eigenvalue weighted by Gasteiger charge is 2.29. The Morgan fingerprint density at radius 3 is 2.17 bits per heavy atom. The minimum Gasteiger partial charge on any atom is -0.490 e. The summed E-state index contributed by atoms with van der Waals surface area (Å²) in [5.41, 5.74) is 0.271. The number of halogens is 2. The number of esters is 3. The van der Waals surface area contributed by atoms with Crippen LogP contribution in [-0.2, 0) is 25.5 Å². The molecular weight excluding hydrogens is 635 g/mol. The summed E-state index contributed by atoms with van der Waals surface area (Å²) >= 11 is 13.2. The molecule has 0 fully saturated rings. The molecule has 0 heterocycles. The third-order valence-corrected chi connectivity index (χ3v) is 6.96. The fraction of sp³-hybridized carbons (Fsp3) is 0.353. The average Bonchev–Trinajstić information content (AvgIpc) is 3.02. The van der Waals surface area contributed by atoms with Crippen molar-refractivity contribution < 1.29 is 38.1 Å². The molecule has 1 amide bonds. The molecule has 3 aromatic rings. The maximum absolute atomic E-state index is 13.6. The Kier molecular flexibility index (Phi) is 13.9. The van der Waals surface area contributed by atoms with Crippen molar-refractivity contribution in [2.45, 2.75) is 51.7 Å². The molecule has 0 aromatic heterocycles. The van der Waals surface area contributed by atoms with Crippen LogP contribution in [0.5, 0.6) is 11.5 Å². The van der Waals surface area contributed by atoms with Gasteiger partial charge >= 0.3 is 17.9 Å². The van der Waals surface area contributed by atoms with Gasteiger partial charge in [-0.25, -0.2) is 9.59 Å². The fourth-order valence-electron chi connectivity index (χ4n) is 4.23. The van der Waals surface area contributed by atoms with E-state index in [4.69, 9.17) is 42.1 Å². The highest BCUT2D eigenvalue weighted by molar-refractivity contribution is 6.39. The molecule has 0 radical (unpaired) electrons. The highest BCUT2D eigenvalue weighted by Crippen LogP contribution is 2.43. The van der Waals surface area contributed by atoms with Gasteiger partial charge in [0.05, 0.1) is 36.4 Å². The number of carbonyl (C=O) groups excluding carboxylic acids is 4. The van der Waals surface area contributed by atoms with Gasteiger partial charge in [-0.2, -0.15) is 0 Å². The lowest BCUT2D eigenvalue weighted by molar-refractivity contribution is -0.153.